The molecule has 2 saturated heterocycles. The Morgan fingerprint density at radius 3 is 1.16 bits per heavy atom. The first kappa shape index (κ1) is 116. The van der Waals surface area contributed by atoms with E-state index in [9.17, 15) is 48.9 Å². The summed E-state index contributed by atoms with van der Waals surface area (Å²) in [6.07, 6.45) is 57.1. The molecule has 0 aromatic carbocycles. The lowest BCUT2D eigenvalue weighted by molar-refractivity contribution is -0.265. The molecule has 0 aromatic heterocycles. The summed E-state index contributed by atoms with van der Waals surface area (Å²) in [4.78, 5) is 85.2. The molecule has 834 valence electrons. The third-order valence-corrected chi connectivity index (χ3v) is 50.4. The standard InChI is InChI=1S/C33H55NO6.C33H58O2.C32H52O4.C30H50O5/c1-7-31(3,4)29(37)39-19-18-34-30(38)40-23-14-16-32(5)22(20-23)9-10-24-26-12-11-25(21(2)8-13-28(35)36)33(26,6)17-15-27(24)32;1-8-10-11-12-13-23(3)27-16-17-28-26-15-14-24-22-25(35-30(34)31(4,5)9-2)18-20-32(24,6)29(26)19-21-33(27,28)7;1-7-29(3,4)28(33)35-22-12-15-30(5)21(18-22)10-11-23-24(30)13-16-31(6)25(23)19-26-27(31)20(2)32(36-26)14-8-9-17-34-32;1-7-28(3,4)27(34)35-20-14-15-29(5)19(16-20)9-10-21-23-12-11-22(18(2)8-13-26(32)33)30(23,6)25(31)17-24(21)29/h21-27H,7-20H2,1-6H3,(H,34,38)(H,35,36);23-29H,8-22H2,1-7H3;20-27H,7-19H2,1-6H3;18-25,31H,7-17H2,1-6H3,(H,32,33)/t21?,22?,23-,24?,25?,26?,27?,32?,33?;23?,24?,25-,26?,27?,28?,29?,32?,33?;20-,21?,22+,23?,24?,25?,26?,27?,30?,31?,32+;18?,19?,20-,21?,22?,23?,24?,25+,29?,30?/m1101/s1. The molecule has 4 N–H and O–H groups in total. The molecule has 16 saturated carbocycles. The number of carbonyl (C=O) groups excluding carboxylic acids is 5. The normalized spacial score (nSPS) is 43.9. The minimum Gasteiger partial charge on any atom is -0.481 e. The van der Waals surface area contributed by atoms with Crippen molar-refractivity contribution in [2.45, 2.75) is 537 Å². The molecule has 2 aliphatic heterocycles. The van der Waals surface area contributed by atoms with Gasteiger partial charge in [0.05, 0.1) is 47.0 Å². The van der Waals surface area contributed by atoms with Crippen LogP contribution in [0.2, 0.25) is 0 Å². The van der Waals surface area contributed by atoms with E-state index >= 15 is 0 Å². The Morgan fingerprint density at radius 1 is 0.377 bits per heavy atom. The van der Waals surface area contributed by atoms with E-state index in [0.717, 1.165) is 187 Å². The number of aliphatic hydroxyl groups excluding tert-OH is 1. The second kappa shape index (κ2) is 45.6. The quantitative estimate of drug-likeness (QED) is 0.0308. The van der Waals surface area contributed by atoms with Crippen molar-refractivity contribution in [2.24, 2.45) is 207 Å². The number of amides is 1. The number of ether oxygens (including phenoxy) is 7. The zero-order valence-corrected chi connectivity index (χ0v) is 97.4. The second-order valence-electron chi connectivity index (χ2n) is 58.6. The van der Waals surface area contributed by atoms with Gasteiger partial charge in [-0.15, -0.1) is 0 Å². The summed E-state index contributed by atoms with van der Waals surface area (Å²) >= 11 is 0. The topological polar surface area (TPSA) is 257 Å². The predicted octanol–water partition coefficient (Wildman–Crippen LogP) is 30.8. The summed E-state index contributed by atoms with van der Waals surface area (Å²) in [5.41, 5.74) is 0.998. The van der Waals surface area contributed by atoms with Crippen LogP contribution in [0.5, 0.6) is 0 Å². The van der Waals surface area contributed by atoms with E-state index in [1.54, 1.807) is 0 Å². The lowest BCUT2D eigenvalue weighted by Gasteiger charge is -2.62. The number of nitrogens with one attached hydrogen (secondary N) is 1. The van der Waals surface area contributed by atoms with Gasteiger partial charge in [0.2, 0.25) is 0 Å². The Bertz CT molecular complexity index is 4410. The van der Waals surface area contributed by atoms with Crippen LogP contribution in [0.25, 0.3) is 0 Å². The molecule has 146 heavy (non-hydrogen) atoms. The van der Waals surface area contributed by atoms with Gasteiger partial charge in [-0.25, -0.2) is 4.79 Å². The number of unbranched alkanes of at least 4 members (excludes halogenated alkanes) is 3. The van der Waals surface area contributed by atoms with E-state index < -0.39 is 28.9 Å². The number of aliphatic carboxylic acids is 2. The third-order valence-electron chi connectivity index (χ3n) is 50.4. The third kappa shape index (κ3) is 22.5. The summed E-state index contributed by atoms with van der Waals surface area (Å²) in [7, 11) is 0. The number of hydrogen-bond acceptors (Lipinski definition) is 15. The largest absolute Gasteiger partial charge is 0.481 e. The molecule has 1 spiro atoms. The van der Waals surface area contributed by atoms with Crippen molar-refractivity contribution < 1.29 is 82.0 Å². The molecule has 2 heterocycles. The Hall–Kier alpha value is -4.03. The molecule has 18 nitrogen and oxygen atoms in total. The van der Waals surface area contributed by atoms with Crippen molar-refractivity contribution in [1.29, 1.82) is 0 Å². The second-order valence-corrected chi connectivity index (χ2v) is 58.6. The van der Waals surface area contributed by atoms with Gasteiger partial charge >= 0.3 is 41.9 Å². The van der Waals surface area contributed by atoms with E-state index in [4.69, 9.17) is 33.2 Å². The lowest BCUT2D eigenvalue weighted by Crippen LogP contribution is -2.59. The fraction of sp³-hybridized carbons (Fsp3) is 0.945. The van der Waals surface area contributed by atoms with Gasteiger partial charge in [-0.1, -0.05) is 150 Å². The maximum Gasteiger partial charge on any atom is 0.407 e. The fourth-order valence-corrected chi connectivity index (χ4v) is 39.5. The number of carboxylic acid groups (broad SMARTS) is 2. The van der Waals surface area contributed by atoms with Crippen LogP contribution in [0.4, 0.5) is 4.79 Å². The van der Waals surface area contributed by atoms with Crippen molar-refractivity contribution in [3.05, 3.63) is 0 Å². The van der Waals surface area contributed by atoms with Crippen molar-refractivity contribution in [2.75, 3.05) is 19.8 Å². The van der Waals surface area contributed by atoms with Crippen LogP contribution < -0.4 is 5.32 Å². The molecular formula is C128H215NO17. The molecule has 39 atom stereocenters. The first-order valence-electron chi connectivity index (χ1n) is 61.9. The number of esters is 4. The number of carboxylic acids is 2. The van der Waals surface area contributed by atoms with Gasteiger partial charge < -0.3 is 53.8 Å². The van der Waals surface area contributed by atoms with Gasteiger partial charge in [-0.3, -0.25) is 28.8 Å². The number of aliphatic hydroxyl groups is 1. The zero-order valence-electron chi connectivity index (χ0n) is 97.4. The summed E-state index contributed by atoms with van der Waals surface area (Å²) in [6.45, 7) is 57.6. The van der Waals surface area contributed by atoms with Crippen LogP contribution in [-0.4, -0.2) is 119 Å². The minimum absolute atomic E-state index is 0.00653. The predicted molar refractivity (Wildman–Crippen MR) is 579 cm³/mol. The van der Waals surface area contributed by atoms with Crippen LogP contribution >= 0.6 is 0 Å². The Labute approximate surface area is 887 Å². The maximum absolute atomic E-state index is 12.8. The molecule has 18 fully saturated rings. The smallest absolute Gasteiger partial charge is 0.407 e. The average Bonchev–Trinajstić information content (AvgIpc) is 1.52. The highest BCUT2D eigenvalue weighted by Crippen LogP contribution is 2.76. The minimum atomic E-state index is -0.716. The zero-order chi connectivity index (χ0) is 106. The van der Waals surface area contributed by atoms with Crippen molar-refractivity contribution >= 4 is 41.9 Å². The molecule has 1 amide bonds. The van der Waals surface area contributed by atoms with Crippen LogP contribution in [0, 0.1) is 207 Å². The highest BCUT2D eigenvalue weighted by Gasteiger charge is 2.72. The van der Waals surface area contributed by atoms with Crippen molar-refractivity contribution in [3.63, 3.8) is 0 Å². The van der Waals surface area contributed by atoms with E-state index in [-0.39, 0.29) is 108 Å². The summed E-state index contributed by atoms with van der Waals surface area (Å²) in [6, 6.07) is 0. The van der Waals surface area contributed by atoms with Gasteiger partial charge in [-0.05, 0) is 504 Å². The van der Waals surface area contributed by atoms with Crippen LogP contribution in [0.3, 0.4) is 0 Å². The highest BCUT2D eigenvalue weighted by molar-refractivity contribution is 5.77. The average molecular weight is 2040 g/mol. The first-order chi connectivity index (χ1) is 68.8. The SMILES string of the molecule is CCC(C)(C)C(=O)OCCNC(=O)O[C@@H]1CCC2(C)C(CCC3C2CCC2(C)C(C(C)CCC(=O)O)CCC32)C1.CCC(C)(C)C(=O)O[C@@H]1CCC2(C)C(CCC3C2CCC2(C)C3CC3O[C@]4(CCCCO4)[C@@H](C)C32)C1.CCC(C)(C)C(=O)O[C@@H]1CCC2(C)C(CCC3C2C[C@H](O)C2(C)C(C(C)CCC(=O)O)CCC32)C1.CCCCCCC(C)C1CCC2C3CCC4C[C@H](OC(=O)C(C)(C)CC)CCC4(C)C3CCC12C. The molecule has 0 aromatic rings. The summed E-state index contributed by atoms with van der Waals surface area (Å²) in [5, 5.41) is 32.9. The highest BCUT2D eigenvalue weighted by atomic mass is 16.7. The van der Waals surface area contributed by atoms with Crippen molar-refractivity contribution in [3.8, 4) is 0 Å². The van der Waals surface area contributed by atoms with E-state index in [1.165, 1.54) is 186 Å². The monoisotopic (exact) mass is 2040 g/mol. The Kier molecular flexibility index (Phi) is 36.3. The summed E-state index contributed by atoms with van der Waals surface area (Å²) in [5.74, 6) is 14.8. The van der Waals surface area contributed by atoms with Crippen molar-refractivity contribution in [1.82, 2.24) is 5.32 Å². The molecular weight excluding hydrogens is 1820 g/mol. The van der Waals surface area contributed by atoms with Gasteiger partial charge in [0.1, 0.15) is 31.0 Å². The number of fused-ring (bicyclic) bond motifs is 22. The first-order valence-corrected chi connectivity index (χ1v) is 61.9. The number of alkyl carbamates (subject to hydrolysis) is 1. The Balaban J connectivity index is 0.000000146. The van der Waals surface area contributed by atoms with Gasteiger partial charge in [0.25, 0.3) is 0 Å². The molecule has 18 aliphatic rings. The molecule has 0 bridgehead atoms. The fourth-order valence-electron chi connectivity index (χ4n) is 39.5. The van der Waals surface area contributed by atoms with E-state index in [2.05, 4.69) is 109 Å². The van der Waals surface area contributed by atoms with Crippen LogP contribution in [0.1, 0.15) is 494 Å². The molecule has 18 rings (SSSR count). The lowest BCUT2D eigenvalue weighted by atomic mass is 9.43. The van der Waals surface area contributed by atoms with Crippen LogP contribution in [-0.2, 0) is 61.9 Å². The number of hydrogen-bond donors (Lipinski definition) is 4. The van der Waals surface area contributed by atoms with Crippen LogP contribution in [0.15, 0.2) is 0 Å². The maximum atomic E-state index is 12.8. The van der Waals surface area contributed by atoms with Gasteiger partial charge in [0.15, 0.2) is 5.79 Å². The van der Waals surface area contributed by atoms with E-state index in [0.29, 0.717) is 122 Å². The van der Waals surface area contributed by atoms with Gasteiger partial charge in [0, 0.05) is 25.2 Å². The number of carbonyl (C=O) groups is 7. The van der Waals surface area contributed by atoms with Gasteiger partial charge in [-0.2, -0.15) is 0 Å². The molecule has 18 heteroatoms. The molecule has 16 aliphatic carbocycles. The van der Waals surface area contributed by atoms with E-state index in [1.807, 2.05) is 69.2 Å². The Morgan fingerprint density at radius 2 is 0.740 bits per heavy atom. The molecule has 0 radical (unpaired) electrons. The molecule has 32 unspecified atom stereocenters. The number of rotatable bonds is 29. The summed E-state index contributed by atoms with van der Waals surface area (Å²) < 4.78 is 42.7.